The fourth-order valence-electron chi connectivity index (χ4n) is 1.53. The number of aliphatic hydroxyl groups excluding tert-OH is 1. The molecule has 2 N–H and O–H groups in total. The third-order valence-corrected chi connectivity index (χ3v) is 2.92. The number of halogens is 1. The van der Waals surface area contributed by atoms with Gasteiger partial charge in [0.15, 0.2) is 0 Å². The summed E-state index contributed by atoms with van der Waals surface area (Å²) in [6.07, 6.45) is -0.0519. The van der Waals surface area contributed by atoms with Crippen LogP contribution >= 0.6 is 15.9 Å². The fourth-order valence-corrected chi connectivity index (χ4v) is 1.95. The summed E-state index contributed by atoms with van der Waals surface area (Å²) >= 11 is 3.34. The first-order valence-electron chi connectivity index (χ1n) is 5.33. The molecule has 0 aliphatic carbocycles. The lowest BCUT2D eigenvalue weighted by molar-refractivity contribution is -0.138. The van der Waals surface area contributed by atoms with Crippen molar-refractivity contribution in [1.82, 2.24) is 4.90 Å². The molecule has 0 saturated heterocycles. The van der Waals surface area contributed by atoms with Crippen LogP contribution in [0.3, 0.4) is 0 Å². The fraction of sp³-hybridized carbons (Fsp3) is 0.417. The molecule has 5 heteroatoms. The van der Waals surface area contributed by atoms with Crippen LogP contribution in [0.2, 0.25) is 0 Å². The Bertz CT molecular complexity index is 384. The van der Waals surface area contributed by atoms with E-state index in [9.17, 15) is 9.90 Å². The lowest BCUT2D eigenvalue weighted by atomic mass is 10.1. The van der Waals surface area contributed by atoms with Gasteiger partial charge in [-0.3, -0.25) is 9.69 Å². The van der Waals surface area contributed by atoms with Gasteiger partial charge in [-0.25, -0.2) is 0 Å². The Balaban J connectivity index is 2.44. The Kier molecular flexibility index (Phi) is 5.61. The molecule has 1 aromatic carbocycles. The Labute approximate surface area is 109 Å². The summed E-state index contributed by atoms with van der Waals surface area (Å²) < 4.78 is 0.924. The van der Waals surface area contributed by atoms with E-state index in [0.717, 1.165) is 10.0 Å². The zero-order valence-corrected chi connectivity index (χ0v) is 11.2. The van der Waals surface area contributed by atoms with Gasteiger partial charge in [-0.2, -0.15) is 0 Å². The van der Waals surface area contributed by atoms with Crippen LogP contribution in [0.25, 0.3) is 0 Å². The third-order valence-electron chi connectivity index (χ3n) is 2.42. The Morgan fingerprint density at radius 3 is 2.82 bits per heavy atom. The van der Waals surface area contributed by atoms with Crippen LogP contribution in [0.15, 0.2) is 28.7 Å². The minimum Gasteiger partial charge on any atom is -0.480 e. The molecule has 17 heavy (non-hydrogen) atoms. The molecule has 1 aromatic rings. The average Bonchev–Trinajstić information content (AvgIpc) is 2.25. The Morgan fingerprint density at radius 1 is 1.53 bits per heavy atom. The SMILES string of the molecule is CN(CCC(O)c1cccc(Br)c1)CC(=O)O. The van der Waals surface area contributed by atoms with Crippen LogP contribution in [0.4, 0.5) is 0 Å². The van der Waals surface area contributed by atoms with E-state index in [1.54, 1.807) is 11.9 Å². The van der Waals surface area contributed by atoms with Crippen molar-refractivity contribution in [3.05, 3.63) is 34.3 Å². The number of likely N-dealkylation sites (N-methyl/N-ethyl adjacent to an activating group) is 1. The predicted octanol–water partition coefficient (Wildman–Crippen LogP) is 1.89. The quantitative estimate of drug-likeness (QED) is 0.842. The Morgan fingerprint density at radius 2 is 2.24 bits per heavy atom. The number of carbonyl (C=O) groups is 1. The second-order valence-electron chi connectivity index (χ2n) is 3.99. The smallest absolute Gasteiger partial charge is 0.317 e. The number of aliphatic carboxylic acids is 1. The molecule has 1 unspecified atom stereocenters. The van der Waals surface area contributed by atoms with Crippen molar-refractivity contribution < 1.29 is 15.0 Å². The second kappa shape index (κ2) is 6.74. The van der Waals surface area contributed by atoms with E-state index < -0.39 is 12.1 Å². The van der Waals surface area contributed by atoms with Crippen LogP contribution in [0.5, 0.6) is 0 Å². The molecule has 0 aromatic heterocycles. The molecule has 0 radical (unpaired) electrons. The largest absolute Gasteiger partial charge is 0.480 e. The third kappa shape index (κ3) is 5.30. The summed E-state index contributed by atoms with van der Waals surface area (Å²) in [6, 6.07) is 7.48. The minimum absolute atomic E-state index is 0.00873. The van der Waals surface area contributed by atoms with E-state index in [-0.39, 0.29) is 6.54 Å². The van der Waals surface area contributed by atoms with E-state index in [0.29, 0.717) is 13.0 Å². The lowest BCUT2D eigenvalue weighted by Gasteiger charge is -2.17. The van der Waals surface area contributed by atoms with E-state index >= 15 is 0 Å². The molecular formula is C12H16BrNO3. The van der Waals surface area contributed by atoms with Crippen molar-refractivity contribution in [2.24, 2.45) is 0 Å². The van der Waals surface area contributed by atoms with Gasteiger partial charge in [-0.15, -0.1) is 0 Å². The van der Waals surface area contributed by atoms with E-state index in [1.807, 2.05) is 24.3 Å². The highest BCUT2D eigenvalue weighted by molar-refractivity contribution is 9.10. The maximum absolute atomic E-state index is 10.5. The maximum atomic E-state index is 10.5. The first-order valence-corrected chi connectivity index (χ1v) is 6.12. The summed E-state index contributed by atoms with van der Waals surface area (Å²) in [7, 11) is 1.72. The number of rotatable bonds is 6. The predicted molar refractivity (Wildman–Crippen MR) is 68.9 cm³/mol. The topological polar surface area (TPSA) is 60.8 Å². The highest BCUT2D eigenvalue weighted by Gasteiger charge is 2.10. The highest BCUT2D eigenvalue weighted by Crippen LogP contribution is 2.20. The zero-order chi connectivity index (χ0) is 12.8. The molecule has 0 aliphatic rings. The Hall–Kier alpha value is -0.910. The zero-order valence-electron chi connectivity index (χ0n) is 9.64. The molecule has 0 saturated carbocycles. The van der Waals surface area contributed by atoms with Gasteiger partial charge in [0.1, 0.15) is 0 Å². The van der Waals surface area contributed by atoms with Crippen molar-refractivity contribution >= 4 is 21.9 Å². The van der Waals surface area contributed by atoms with Gasteiger partial charge in [-0.05, 0) is 31.2 Å². The van der Waals surface area contributed by atoms with Gasteiger partial charge >= 0.3 is 5.97 Å². The number of aliphatic hydroxyl groups is 1. The van der Waals surface area contributed by atoms with Crippen LogP contribution in [-0.4, -0.2) is 41.2 Å². The van der Waals surface area contributed by atoms with Crippen molar-refractivity contribution in [1.29, 1.82) is 0 Å². The second-order valence-corrected chi connectivity index (χ2v) is 4.91. The summed E-state index contributed by atoms with van der Waals surface area (Å²) in [6.45, 7) is 0.533. The van der Waals surface area contributed by atoms with Crippen LogP contribution in [-0.2, 0) is 4.79 Å². The van der Waals surface area contributed by atoms with Gasteiger partial charge in [0.2, 0.25) is 0 Å². The van der Waals surface area contributed by atoms with Crippen LogP contribution in [0.1, 0.15) is 18.1 Å². The molecule has 94 valence electrons. The summed E-state index contributed by atoms with van der Waals surface area (Å²) in [5, 5.41) is 18.5. The van der Waals surface area contributed by atoms with Crippen molar-refractivity contribution in [3.8, 4) is 0 Å². The van der Waals surface area contributed by atoms with E-state index in [1.165, 1.54) is 0 Å². The van der Waals surface area contributed by atoms with Crippen molar-refractivity contribution in [2.75, 3.05) is 20.1 Å². The van der Waals surface area contributed by atoms with Gasteiger partial charge in [0, 0.05) is 11.0 Å². The molecule has 0 fully saturated rings. The van der Waals surface area contributed by atoms with E-state index in [2.05, 4.69) is 15.9 Å². The van der Waals surface area contributed by atoms with Gasteiger partial charge in [0.25, 0.3) is 0 Å². The molecule has 1 rings (SSSR count). The van der Waals surface area contributed by atoms with Crippen LogP contribution in [0, 0.1) is 0 Å². The number of benzene rings is 1. The highest BCUT2D eigenvalue weighted by atomic mass is 79.9. The summed E-state index contributed by atoms with van der Waals surface area (Å²) in [5.41, 5.74) is 0.836. The molecule has 4 nitrogen and oxygen atoms in total. The van der Waals surface area contributed by atoms with Gasteiger partial charge in [-0.1, -0.05) is 28.1 Å². The monoisotopic (exact) mass is 301 g/mol. The number of hydrogen-bond donors (Lipinski definition) is 2. The molecule has 0 aliphatic heterocycles. The first-order chi connectivity index (χ1) is 7.99. The van der Waals surface area contributed by atoms with Gasteiger partial charge in [0.05, 0.1) is 12.6 Å². The summed E-state index contributed by atoms with van der Waals surface area (Å²) in [4.78, 5) is 12.1. The molecule has 1 atom stereocenters. The standard InChI is InChI=1S/C12H16BrNO3/c1-14(8-12(16)17)6-5-11(15)9-3-2-4-10(13)7-9/h2-4,7,11,15H,5-6,8H2,1H3,(H,16,17). The van der Waals surface area contributed by atoms with Crippen LogP contribution < -0.4 is 0 Å². The summed E-state index contributed by atoms with van der Waals surface area (Å²) in [5.74, 6) is -0.857. The van der Waals surface area contributed by atoms with Crippen molar-refractivity contribution in [3.63, 3.8) is 0 Å². The first kappa shape index (κ1) is 14.2. The number of nitrogens with zero attached hydrogens (tertiary/aromatic N) is 1. The molecular weight excluding hydrogens is 286 g/mol. The van der Waals surface area contributed by atoms with Gasteiger partial charge < -0.3 is 10.2 Å². The maximum Gasteiger partial charge on any atom is 0.317 e. The number of hydrogen-bond acceptors (Lipinski definition) is 3. The molecule has 0 heterocycles. The normalized spacial score (nSPS) is 12.7. The van der Waals surface area contributed by atoms with E-state index in [4.69, 9.17) is 5.11 Å². The molecule has 0 amide bonds. The number of carboxylic acid groups (broad SMARTS) is 1. The molecule has 0 bridgehead atoms. The minimum atomic E-state index is -0.857. The molecule has 0 spiro atoms. The number of carboxylic acids is 1. The average molecular weight is 302 g/mol. The van der Waals surface area contributed by atoms with Crippen molar-refractivity contribution in [2.45, 2.75) is 12.5 Å². The lowest BCUT2D eigenvalue weighted by Crippen LogP contribution is -2.27.